The van der Waals surface area contributed by atoms with E-state index in [-0.39, 0.29) is 17.9 Å². The lowest BCUT2D eigenvalue weighted by Crippen LogP contribution is -2.39. The maximum atomic E-state index is 12.3. The fourth-order valence-corrected chi connectivity index (χ4v) is 2.69. The second kappa shape index (κ2) is 6.00. The van der Waals surface area contributed by atoms with Crippen LogP contribution >= 0.6 is 0 Å². The van der Waals surface area contributed by atoms with Crippen LogP contribution in [0.25, 0.3) is 0 Å². The third-order valence-corrected chi connectivity index (χ3v) is 3.80. The molecule has 1 heterocycles. The number of carbonyl (C=O) groups excluding carboxylic acids is 2. The van der Waals surface area contributed by atoms with Crippen molar-refractivity contribution in [3.63, 3.8) is 0 Å². The third-order valence-electron chi connectivity index (χ3n) is 3.80. The molecular formula is C16H21NO2. The molecule has 0 aromatic heterocycles. The summed E-state index contributed by atoms with van der Waals surface area (Å²) in [6.45, 7) is 4.20. The van der Waals surface area contributed by atoms with Gasteiger partial charge in [-0.1, -0.05) is 45.2 Å². The monoisotopic (exact) mass is 259 g/mol. The molecule has 3 heteroatoms. The number of imide groups is 1. The summed E-state index contributed by atoms with van der Waals surface area (Å²) < 4.78 is 0. The highest BCUT2D eigenvalue weighted by Gasteiger charge is 2.38. The summed E-state index contributed by atoms with van der Waals surface area (Å²) in [6.07, 6.45) is 5.12. The number of nitrogens with zero attached hydrogens (tertiary/aromatic N) is 1. The lowest BCUT2D eigenvalue weighted by atomic mass is 10.0. The minimum Gasteiger partial charge on any atom is -0.271 e. The van der Waals surface area contributed by atoms with Crippen LogP contribution in [-0.2, 0) is 0 Å². The van der Waals surface area contributed by atoms with E-state index in [0.29, 0.717) is 11.1 Å². The lowest BCUT2D eigenvalue weighted by molar-refractivity contribution is 0.0569. The summed E-state index contributed by atoms with van der Waals surface area (Å²) in [6, 6.07) is 7.15. The largest absolute Gasteiger partial charge is 0.271 e. The van der Waals surface area contributed by atoms with Gasteiger partial charge in [0.15, 0.2) is 0 Å². The van der Waals surface area contributed by atoms with Crippen LogP contribution in [0, 0.1) is 0 Å². The number of unbranched alkanes of at least 4 members (excludes halogenated alkanes) is 2. The molecule has 1 aliphatic rings. The Labute approximate surface area is 114 Å². The van der Waals surface area contributed by atoms with Gasteiger partial charge in [-0.3, -0.25) is 14.5 Å². The minimum absolute atomic E-state index is 0.0407. The third kappa shape index (κ3) is 2.55. The zero-order valence-electron chi connectivity index (χ0n) is 11.7. The van der Waals surface area contributed by atoms with Crippen molar-refractivity contribution in [2.24, 2.45) is 0 Å². The van der Waals surface area contributed by atoms with Gasteiger partial charge < -0.3 is 0 Å². The van der Waals surface area contributed by atoms with E-state index in [1.54, 1.807) is 12.1 Å². The van der Waals surface area contributed by atoms with Crippen molar-refractivity contribution in [3.8, 4) is 0 Å². The van der Waals surface area contributed by atoms with Crippen LogP contribution in [0.3, 0.4) is 0 Å². The molecule has 0 radical (unpaired) electrons. The summed E-state index contributed by atoms with van der Waals surface area (Å²) >= 11 is 0. The fourth-order valence-electron chi connectivity index (χ4n) is 2.69. The van der Waals surface area contributed by atoms with Crippen molar-refractivity contribution in [2.75, 3.05) is 0 Å². The van der Waals surface area contributed by atoms with E-state index >= 15 is 0 Å². The van der Waals surface area contributed by atoms with Crippen LogP contribution < -0.4 is 0 Å². The predicted molar refractivity (Wildman–Crippen MR) is 75.2 cm³/mol. The van der Waals surface area contributed by atoms with Gasteiger partial charge in [0.25, 0.3) is 11.8 Å². The molecule has 0 aliphatic carbocycles. The van der Waals surface area contributed by atoms with E-state index in [1.165, 1.54) is 4.90 Å². The number of benzene rings is 1. The SMILES string of the molecule is CCCCCC(CC)N1C(=O)c2ccccc2C1=O. The van der Waals surface area contributed by atoms with E-state index < -0.39 is 0 Å². The van der Waals surface area contributed by atoms with Gasteiger partial charge in [0, 0.05) is 6.04 Å². The summed E-state index contributed by atoms with van der Waals surface area (Å²) in [4.78, 5) is 26.2. The Bertz CT molecular complexity index is 446. The van der Waals surface area contributed by atoms with Gasteiger partial charge in [-0.05, 0) is 25.0 Å². The van der Waals surface area contributed by atoms with Gasteiger partial charge in [-0.15, -0.1) is 0 Å². The van der Waals surface area contributed by atoms with E-state index in [1.807, 2.05) is 19.1 Å². The molecular weight excluding hydrogens is 238 g/mol. The number of fused-ring (bicyclic) bond motifs is 1. The molecule has 0 fully saturated rings. The second-order valence-electron chi connectivity index (χ2n) is 5.08. The van der Waals surface area contributed by atoms with Crippen LogP contribution in [0.2, 0.25) is 0 Å². The molecule has 2 rings (SSSR count). The highest BCUT2D eigenvalue weighted by atomic mass is 16.2. The van der Waals surface area contributed by atoms with E-state index in [4.69, 9.17) is 0 Å². The van der Waals surface area contributed by atoms with Crippen LogP contribution in [0.15, 0.2) is 24.3 Å². The molecule has 1 aliphatic heterocycles. The topological polar surface area (TPSA) is 37.4 Å². The average Bonchev–Trinajstić information content (AvgIpc) is 2.69. The summed E-state index contributed by atoms with van der Waals surface area (Å²) in [5.41, 5.74) is 1.11. The molecule has 102 valence electrons. The highest BCUT2D eigenvalue weighted by molar-refractivity contribution is 6.21. The molecule has 1 unspecified atom stereocenters. The van der Waals surface area contributed by atoms with Crippen molar-refractivity contribution in [1.29, 1.82) is 0 Å². The van der Waals surface area contributed by atoms with Crippen molar-refractivity contribution in [2.45, 2.75) is 52.0 Å². The highest BCUT2D eigenvalue weighted by Crippen LogP contribution is 2.27. The summed E-state index contributed by atoms with van der Waals surface area (Å²) in [5, 5.41) is 0. The van der Waals surface area contributed by atoms with Crippen LogP contribution in [-0.4, -0.2) is 22.8 Å². The smallest absolute Gasteiger partial charge is 0.261 e. The van der Waals surface area contributed by atoms with E-state index in [9.17, 15) is 9.59 Å². The fraction of sp³-hybridized carbons (Fsp3) is 0.500. The Morgan fingerprint density at radius 3 is 2.05 bits per heavy atom. The van der Waals surface area contributed by atoms with Crippen LogP contribution in [0.1, 0.15) is 66.7 Å². The Hall–Kier alpha value is -1.64. The molecule has 2 amide bonds. The first kappa shape index (κ1) is 13.8. The zero-order chi connectivity index (χ0) is 13.8. The van der Waals surface area contributed by atoms with Gasteiger partial charge in [0.05, 0.1) is 11.1 Å². The lowest BCUT2D eigenvalue weighted by Gasteiger charge is -2.25. The normalized spacial score (nSPS) is 15.8. The van der Waals surface area contributed by atoms with E-state index in [0.717, 1.165) is 32.1 Å². The molecule has 1 atom stereocenters. The number of hydrogen-bond donors (Lipinski definition) is 0. The summed E-state index contributed by atoms with van der Waals surface area (Å²) in [5.74, 6) is -0.243. The first-order valence-corrected chi connectivity index (χ1v) is 7.17. The summed E-state index contributed by atoms with van der Waals surface area (Å²) in [7, 11) is 0. The van der Waals surface area contributed by atoms with E-state index in [2.05, 4.69) is 6.92 Å². The van der Waals surface area contributed by atoms with Gasteiger partial charge in [0.2, 0.25) is 0 Å². The first-order chi connectivity index (χ1) is 9.20. The number of rotatable bonds is 6. The minimum atomic E-state index is -0.121. The molecule has 0 spiro atoms. The van der Waals surface area contributed by atoms with Crippen molar-refractivity contribution < 1.29 is 9.59 Å². The maximum Gasteiger partial charge on any atom is 0.261 e. The van der Waals surface area contributed by atoms with Gasteiger partial charge in [0.1, 0.15) is 0 Å². The van der Waals surface area contributed by atoms with Crippen molar-refractivity contribution >= 4 is 11.8 Å². The Morgan fingerprint density at radius 1 is 1.00 bits per heavy atom. The molecule has 0 N–H and O–H groups in total. The molecule has 19 heavy (non-hydrogen) atoms. The predicted octanol–water partition coefficient (Wildman–Crippen LogP) is 3.64. The molecule has 0 saturated carbocycles. The Balaban J connectivity index is 2.17. The van der Waals surface area contributed by atoms with Gasteiger partial charge >= 0.3 is 0 Å². The molecule has 1 aromatic rings. The Morgan fingerprint density at radius 2 is 1.58 bits per heavy atom. The Kier molecular flexibility index (Phi) is 4.35. The number of carbonyl (C=O) groups is 2. The quantitative estimate of drug-likeness (QED) is 0.577. The van der Waals surface area contributed by atoms with Crippen molar-refractivity contribution in [1.82, 2.24) is 4.90 Å². The first-order valence-electron chi connectivity index (χ1n) is 7.17. The number of amides is 2. The molecule has 3 nitrogen and oxygen atoms in total. The van der Waals surface area contributed by atoms with Crippen LogP contribution in [0.4, 0.5) is 0 Å². The second-order valence-corrected chi connectivity index (χ2v) is 5.08. The standard InChI is InChI=1S/C16H21NO2/c1-3-5-6-9-12(4-2)17-15(18)13-10-7-8-11-14(13)16(17)19/h7-8,10-12H,3-6,9H2,1-2H3. The maximum absolute atomic E-state index is 12.3. The van der Waals surface area contributed by atoms with Crippen molar-refractivity contribution in [3.05, 3.63) is 35.4 Å². The van der Waals surface area contributed by atoms with Gasteiger partial charge in [-0.25, -0.2) is 0 Å². The molecule has 1 aromatic carbocycles. The van der Waals surface area contributed by atoms with Crippen LogP contribution in [0.5, 0.6) is 0 Å². The molecule has 0 saturated heterocycles. The average molecular weight is 259 g/mol. The number of hydrogen-bond acceptors (Lipinski definition) is 2. The zero-order valence-corrected chi connectivity index (χ0v) is 11.7. The van der Waals surface area contributed by atoms with Gasteiger partial charge in [-0.2, -0.15) is 0 Å². The molecule has 0 bridgehead atoms.